The quantitative estimate of drug-likeness (QED) is 0.218. The number of amides is 1. The predicted octanol–water partition coefficient (Wildman–Crippen LogP) is 3.84. The number of pyridine rings is 2. The van der Waals surface area contributed by atoms with E-state index in [0.717, 1.165) is 5.56 Å². The molecule has 2 N–H and O–H groups in total. The predicted molar refractivity (Wildman–Crippen MR) is 148 cm³/mol. The number of sulfone groups is 2. The van der Waals surface area contributed by atoms with Crippen LogP contribution in [0, 0.1) is 0 Å². The lowest BCUT2D eigenvalue weighted by molar-refractivity contribution is 0.0945. The molecule has 39 heavy (non-hydrogen) atoms. The maximum absolute atomic E-state index is 13.6. The number of fused-ring (bicyclic) bond motifs is 1. The molecule has 4 rings (SSSR count). The highest BCUT2D eigenvalue weighted by molar-refractivity contribution is 7.94. The fourth-order valence-corrected chi connectivity index (χ4v) is 8.25. The van der Waals surface area contributed by atoms with E-state index in [1.54, 1.807) is 68.7 Å². The van der Waals surface area contributed by atoms with Gasteiger partial charge in [-0.15, -0.1) is 0 Å². The third kappa shape index (κ3) is 5.71. The Morgan fingerprint density at radius 1 is 0.949 bits per heavy atom. The fraction of sp³-hybridized carbons (Fsp3) is 0.222. The van der Waals surface area contributed by atoms with Gasteiger partial charge in [0.2, 0.25) is 0 Å². The Morgan fingerprint density at radius 3 is 2.23 bits per heavy atom. The summed E-state index contributed by atoms with van der Waals surface area (Å²) in [5.74, 6) is -1.63. The van der Waals surface area contributed by atoms with Gasteiger partial charge in [-0.05, 0) is 60.4 Å². The molecule has 0 saturated heterocycles. The lowest BCUT2D eigenvalue weighted by Gasteiger charge is -2.08. The molecule has 1 aromatic carbocycles. The second-order valence-electron chi connectivity index (χ2n) is 8.81. The molecule has 204 valence electrons. The van der Waals surface area contributed by atoms with Crippen LogP contribution in [0.4, 0.5) is 0 Å². The Bertz CT molecular complexity index is 1760. The van der Waals surface area contributed by atoms with Crippen molar-refractivity contribution in [1.82, 2.24) is 14.8 Å². The average Bonchev–Trinajstić information content (AvgIpc) is 3.27. The fourth-order valence-electron chi connectivity index (χ4n) is 4.28. The summed E-state index contributed by atoms with van der Waals surface area (Å²) < 4.78 is 55.5. The zero-order chi connectivity index (χ0) is 28.2. The highest BCUT2D eigenvalue weighted by Gasteiger charge is 2.37. The number of hydrogen-bond acceptors (Lipinski definition) is 8. The van der Waals surface area contributed by atoms with Crippen LogP contribution in [-0.2, 0) is 19.7 Å². The molecule has 0 bridgehead atoms. The Morgan fingerprint density at radius 2 is 1.59 bits per heavy atom. The second kappa shape index (κ2) is 11.4. The molecular formula is C27H28N4O6S2. The SMILES string of the molecule is CCCS(=O)(=O)c1c(S(=O)(=O)CCC)c2cc(-c3ccncc3)ccn2c1C(=O)N/N=C\c1ccccc1O. The average molecular weight is 569 g/mol. The summed E-state index contributed by atoms with van der Waals surface area (Å²) in [6.07, 6.45) is 6.33. The van der Waals surface area contributed by atoms with Crippen LogP contribution >= 0.6 is 0 Å². The van der Waals surface area contributed by atoms with Crippen LogP contribution in [-0.4, -0.2) is 55.0 Å². The van der Waals surface area contributed by atoms with E-state index in [1.807, 2.05) is 0 Å². The van der Waals surface area contributed by atoms with Crippen molar-refractivity contribution in [3.05, 3.63) is 78.4 Å². The van der Waals surface area contributed by atoms with Crippen molar-refractivity contribution in [3.63, 3.8) is 0 Å². The number of nitrogens with one attached hydrogen (secondary N) is 1. The van der Waals surface area contributed by atoms with Gasteiger partial charge in [-0.3, -0.25) is 9.78 Å². The van der Waals surface area contributed by atoms with E-state index >= 15 is 0 Å². The standard InChI is InChI=1S/C27H28N4O6S2/c1-3-15-38(34,35)25-22-17-20(19-9-12-28-13-10-19)11-14-31(22)24(26(25)39(36,37)16-4-2)27(33)30-29-18-21-7-5-6-8-23(21)32/h5-14,17-18,32H,3-4,15-16H2,1-2H3,(H,30,33)/b29-18-. The number of aromatic hydroxyl groups is 1. The molecule has 4 aromatic rings. The van der Waals surface area contributed by atoms with Gasteiger partial charge in [-0.25, -0.2) is 22.3 Å². The monoisotopic (exact) mass is 568 g/mol. The molecule has 0 atom stereocenters. The molecule has 12 heteroatoms. The van der Waals surface area contributed by atoms with E-state index in [-0.39, 0.29) is 41.3 Å². The van der Waals surface area contributed by atoms with Gasteiger partial charge < -0.3 is 9.51 Å². The largest absolute Gasteiger partial charge is 0.507 e. The molecule has 1 amide bonds. The Hall–Kier alpha value is -4.03. The number of aromatic nitrogens is 2. The third-order valence-corrected chi connectivity index (χ3v) is 10.0. The Kier molecular flexibility index (Phi) is 8.17. The molecule has 0 unspecified atom stereocenters. The van der Waals surface area contributed by atoms with Crippen LogP contribution in [0.2, 0.25) is 0 Å². The zero-order valence-corrected chi connectivity index (χ0v) is 23.0. The third-order valence-electron chi connectivity index (χ3n) is 5.95. The number of rotatable bonds is 10. The summed E-state index contributed by atoms with van der Waals surface area (Å²) >= 11 is 0. The second-order valence-corrected chi connectivity index (χ2v) is 12.9. The van der Waals surface area contributed by atoms with E-state index in [2.05, 4.69) is 15.5 Å². The van der Waals surface area contributed by atoms with Crippen molar-refractivity contribution in [2.45, 2.75) is 36.5 Å². The minimum Gasteiger partial charge on any atom is -0.507 e. The van der Waals surface area contributed by atoms with Crippen molar-refractivity contribution >= 4 is 37.3 Å². The molecule has 0 fully saturated rings. The number of nitrogens with zero attached hydrogens (tertiary/aromatic N) is 3. The summed E-state index contributed by atoms with van der Waals surface area (Å²) in [4.78, 5) is 16.5. The summed E-state index contributed by atoms with van der Waals surface area (Å²) in [5.41, 5.74) is 3.70. The summed E-state index contributed by atoms with van der Waals surface area (Å²) in [7, 11) is -8.32. The summed E-state index contributed by atoms with van der Waals surface area (Å²) in [6.45, 7) is 3.34. The molecule has 0 aliphatic carbocycles. The van der Waals surface area contributed by atoms with Gasteiger partial charge >= 0.3 is 0 Å². The van der Waals surface area contributed by atoms with Gasteiger partial charge in [-0.2, -0.15) is 5.10 Å². The first-order valence-corrected chi connectivity index (χ1v) is 15.6. The lowest BCUT2D eigenvalue weighted by Crippen LogP contribution is -2.23. The van der Waals surface area contributed by atoms with Crippen LogP contribution in [0.25, 0.3) is 16.6 Å². The molecule has 10 nitrogen and oxygen atoms in total. The van der Waals surface area contributed by atoms with Crippen molar-refractivity contribution < 1.29 is 26.7 Å². The molecular weight excluding hydrogens is 540 g/mol. The number of benzene rings is 1. The van der Waals surface area contributed by atoms with Crippen LogP contribution in [0.3, 0.4) is 0 Å². The van der Waals surface area contributed by atoms with Crippen LogP contribution < -0.4 is 5.43 Å². The molecule has 3 aromatic heterocycles. The number of hydrazone groups is 1. The maximum Gasteiger partial charge on any atom is 0.289 e. The van der Waals surface area contributed by atoms with E-state index in [4.69, 9.17) is 0 Å². The van der Waals surface area contributed by atoms with Crippen LogP contribution in [0.1, 0.15) is 42.7 Å². The molecule has 0 aliphatic heterocycles. The van der Waals surface area contributed by atoms with Crippen LogP contribution in [0.5, 0.6) is 5.75 Å². The van der Waals surface area contributed by atoms with E-state index in [0.29, 0.717) is 11.1 Å². The van der Waals surface area contributed by atoms with Crippen molar-refractivity contribution in [2.24, 2.45) is 5.10 Å². The first-order chi connectivity index (χ1) is 18.6. The molecule has 3 heterocycles. The zero-order valence-electron chi connectivity index (χ0n) is 21.4. The summed E-state index contributed by atoms with van der Waals surface area (Å²) in [6, 6.07) is 13.0. The smallest absolute Gasteiger partial charge is 0.289 e. The highest BCUT2D eigenvalue weighted by Crippen LogP contribution is 2.36. The maximum atomic E-state index is 13.6. The summed E-state index contributed by atoms with van der Waals surface area (Å²) in [5, 5.41) is 13.8. The molecule has 0 radical (unpaired) electrons. The van der Waals surface area contributed by atoms with Gasteiger partial charge in [0.25, 0.3) is 5.91 Å². The van der Waals surface area contributed by atoms with E-state index < -0.39 is 35.4 Å². The Labute approximate surface area is 226 Å². The number of carbonyl (C=O) groups is 1. The number of phenolic OH excluding ortho intramolecular Hbond substituents is 1. The molecule has 0 spiro atoms. The van der Waals surface area contributed by atoms with Gasteiger partial charge in [0.1, 0.15) is 21.2 Å². The van der Waals surface area contributed by atoms with Crippen molar-refractivity contribution in [3.8, 4) is 16.9 Å². The first kappa shape index (κ1) is 28.0. The highest BCUT2D eigenvalue weighted by atomic mass is 32.2. The minimum atomic E-state index is -4.20. The first-order valence-electron chi connectivity index (χ1n) is 12.3. The van der Waals surface area contributed by atoms with Gasteiger partial charge in [-0.1, -0.05) is 26.0 Å². The van der Waals surface area contributed by atoms with E-state index in [9.17, 15) is 26.7 Å². The van der Waals surface area contributed by atoms with E-state index in [1.165, 1.54) is 22.9 Å². The van der Waals surface area contributed by atoms with Crippen LogP contribution in [0.15, 0.2) is 82.0 Å². The normalized spacial score (nSPS) is 12.3. The van der Waals surface area contributed by atoms with Gasteiger partial charge in [0.05, 0.1) is 23.2 Å². The minimum absolute atomic E-state index is 0.0635. The number of carbonyl (C=O) groups excluding carboxylic acids is 1. The Balaban J connectivity index is 1.98. The lowest BCUT2D eigenvalue weighted by atomic mass is 10.1. The van der Waals surface area contributed by atoms with Gasteiger partial charge in [0.15, 0.2) is 19.7 Å². The number of hydrogen-bond donors (Lipinski definition) is 2. The number of phenols is 1. The van der Waals surface area contributed by atoms with Crippen molar-refractivity contribution in [2.75, 3.05) is 11.5 Å². The molecule has 0 saturated carbocycles. The topological polar surface area (TPSA) is 147 Å². The molecule has 0 aliphatic rings. The number of para-hydroxylation sites is 1. The van der Waals surface area contributed by atoms with Crippen molar-refractivity contribution in [1.29, 1.82) is 0 Å². The van der Waals surface area contributed by atoms with Gasteiger partial charge in [0, 0.05) is 24.2 Å².